The first-order chi connectivity index (χ1) is 8.97. The van der Waals surface area contributed by atoms with Crippen molar-refractivity contribution in [1.29, 1.82) is 0 Å². The molecule has 19 heavy (non-hydrogen) atoms. The molecular formula is C14H14BrN3O. The second-order valence-electron chi connectivity index (χ2n) is 4.33. The Morgan fingerprint density at radius 2 is 2.00 bits per heavy atom. The van der Waals surface area contributed by atoms with Gasteiger partial charge in [-0.15, -0.1) is 0 Å². The quantitative estimate of drug-likeness (QED) is 0.922. The molecule has 0 saturated carbocycles. The Kier molecular flexibility index (Phi) is 3.95. The van der Waals surface area contributed by atoms with Gasteiger partial charge in [0.2, 0.25) is 0 Å². The van der Waals surface area contributed by atoms with Crippen LogP contribution in [0.4, 0.5) is 5.69 Å². The van der Waals surface area contributed by atoms with Crippen LogP contribution in [0.3, 0.4) is 0 Å². The Labute approximate surface area is 120 Å². The van der Waals surface area contributed by atoms with E-state index in [0.29, 0.717) is 17.1 Å². The molecule has 2 aromatic rings. The highest BCUT2D eigenvalue weighted by atomic mass is 79.9. The van der Waals surface area contributed by atoms with Gasteiger partial charge in [0.05, 0.1) is 11.3 Å². The Morgan fingerprint density at radius 1 is 1.26 bits per heavy atom. The highest BCUT2D eigenvalue weighted by Crippen LogP contribution is 2.21. The lowest BCUT2D eigenvalue weighted by atomic mass is 10.2. The number of nitrogens with zero attached hydrogens (tertiary/aromatic N) is 2. The van der Waals surface area contributed by atoms with Gasteiger partial charge >= 0.3 is 0 Å². The van der Waals surface area contributed by atoms with Crippen molar-refractivity contribution in [3.63, 3.8) is 0 Å². The first kappa shape index (κ1) is 13.7. The van der Waals surface area contributed by atoms with E-state index < -0.39 is 0 Å². The molecule has 0 aliphatic heterocycles. The molecule has 0 aliphatic carbocycles. The highest BCUT2D eigenvalue weighted by Gasteiger charge is 2.11. The molecule has 0 aliphatic rings. The Balaban J connectivity index is 2.23. The fourth-order valence-corrected chi connectivity index (χ4v) is 2.05. The standard InChI is InChI=1S/C14H14BrN3O/c1-8-4-5-11(6-13(8)15)18-14(19)12-7-16-10(3)17-9(12)2/h4-7H,1-3H3,(H,18,19). The molecular weight excluding hydrogens is 306 g/mol. The molecule has 0 fully saturated rings. The van der Waals surface area contributed by atoms with E-state index in [4.69, 9.17) is 0 Å². The smallest absolute Gasteiger partial charge is 0.259 e. The second-order valence-corrected chi connectivity index (χ2v) is 5.19. The third-order valence-corrected chi connectivity index (χ3v) is 3.63. The monoisotopic (exact) mass is 319 g/mol. The van der Waals surface area contributed by atoms with Gasteiger partial charge in [0.15, 0.2) is 0 Å². The molecule has 1 N–H and O–H groups in total. The zero-order valence-electron chi connectivity index (χ0n) is 11.0. The minimum absolute atomic E-state index is 0.201. The van der Waals surface area contributed by atoms with Gasteiger partial charge < -0.3 is 5.32 Å². The number of benzene rings is 1. The summed E-state index contributed by atoms with van der Waals surface area (Å²) >= 11 is 3.44. The molecule has 1 heterocycles. The molecule has 1 aromatic carbocycles. The first-order valence-corrected chi connectivity index (χ1v) is 6.64. The van der Waals surface area contributed by atoms with Gasteiger partial charge in [-0.2, -0.15) is 0 Å². The summed E-state index contributed by atoms with van der Waals surface area (Å²) in [6.45, 7) is 5.59. The van der Waals surface area contributed by atoms with Crippen LogP contribution < -0.4 is 5.32 Å². The van der Waals surface area contributed by atoms with Gasteiger partial charge in [0.1, 0.15) is 5.82 Å². The number of hydrogen-bond acceptors (Lipinski definition) is 3. The van der Waals surface area contributed by atoms with Crippen molar-refractivity contribution in [2.45, 2.75) is 20.8 Å². The summed E-state index contributed by atoms with van der Waals surface area (Å²) in [4.78, 5) is 20.4. The van der Waals surface area contributed by atoms with Crippen molar-refractivity contribution < 1.29 is 4.79 Å². The van der Waals surface area contributed by atoms with Gasteiger partial charge in [-0.05, 0) is 38.5 Å². The molecule has 1 amide bonds. The summed E-state index contributed by atoms with van der Waals surface area (Å²) in [5, 5.41) is 2.84. The van der Waals surface area contributed by atoms with E-state index in [1.807, 2.05) is 25.1 Å². The normalized spacial score (nSPS) is 10.3. The second kappa shape index (κ2) is 5.48. The van der Waals surface area contributed by atoms with Gasteiger partial charge in [0, 0.05) is 16.4 Å². The van der Waals surface area contributed by atoms with Gasteiger partial charge in [-0.25, -0.2) is 9.97 Å². The third-order valence-electron chi connectivity index (χ3n) is 2.77. The maximum absolute atomic E-state index is 12.1. The Hall–Kier alpha value is -1.75. The molecule has 0 spiro atoms. The van der Waals surface area contributed by atoms with E-state index in [1.54, 1.807) is 20.0 Å². The molecule has 0 radical (unpaired) electrons. The lowest BCUT2D eigenvalue weighted by Crippen LogP contribution is -2.15. The number of anilines is 1. The van der Waals surface area contributed by atoms with E-state index in [9.17, 15) is 4.79 Å². The van der Waals surface area contributed by atoms with Crippen LogP contribution in [-0.2, 0) is 0 Å². The number of aryl methyl sites for hydroxylation is 3. The average molecular weight is 320 g/mol. The van der Waals surface area contributed by atoms with E-state index in [-0.39, 0.29) is 5.91 Å². The zero-order valence-corrected chi connectivity index (χ0v) is 12.6. The topological polar surface area (TPSA) is 54.9 Å². The Morgan fingerprint density at radius 3 is 2.63 bits per heavy atom. The summed E-state index contributed by atoms with van der Waals surface area (Å²) in [5.41, 5.74) is 3.02. The van der Waals surface area contributed by atoms with Crippen LogP contribution in [0.25, 0.3) is 0 Å². The summed E-state index contributed by atoms with van der Waals surface area (Å²) in [5.74, 6) is 0.459. The average Bonchev–Trinajstić information content (AvgIpc) is 2.33. The number of hydrogen-bond donors (Lipinski definition) is 1. The maximum atomic E-state index is 12.1. The van der Waals surface area contributed by atoms with Crippen molar-refractivity contribution in [3.8, 4) is 0 Å². The Bertz CT molecular complexity index is 641. The van der Waals surface area contributed by atoms with E-state index in [2.05, 4.69) is 31.2 Å². The predicted octanol–water partition coefficient (Wildman–Crippen LogP) is 3.42. The molecule has 1 aromatic heterocycles. The number of carbonyl (C=O) groups is 1. The predicted molar refractivity (Wildman–Crippen MR) is 78.3 cm³/mol. The van der Waals surface area contributed by atoms with Crippen LogP contribution in [0.15, 0.2) is 28.9 Å². The minimum atomic E-state index is -0.201. The van der Waals surface area contributed by atoms with Crippen LogP contribution in [0.5, 0.6) is 0 Å². The van der Waals surface area contributed by atoms with E-state index >= 15 is 0 Å². The van der Waals surface area contributed by atoms with E-state index in [0.717, 1.165) is 15.7 Å². The number of aromatic nitrogens is 2. The molecule has 0 unspecified atom stereocenters. The molecule has 0 saturated heterocycles. The minimum Gasteiger partial charge on any atom is -0.322 e. The number of carbonyl (C=O) groups excluding carboxylic acids is 1. The largest absolute Gasteiger partial charge is 0.322 e. The molecule has 2 rings (SSSR count). The van der Waals surface area contributed by atoms with Crippen LogP contribution in [0.1, 0.15) is 27.4 Å². The van der Waals surface area contributed by atoms with Crippen molar-refractivity contribution in [3.05, 3.63) is 51.5 Å². The fourth-order valence-electron chi connectivity index (χ4n) is 1.68. The molecule has 5 heteroatoms. The number of halogens is 1. The van der Waals surface area contributed by atoms with Crippen molar-refractivity contribution in [2.24, 2.45) is 0 Å². The third kappa shape index (κ3) is 3.17. The highest BCUT2D eigenvalue weighted by molar-refractivity contribution is 9.10. The van der Waals surface area contributed by atoms with Crippen LogP contribution in [-0.4, -0.2) is 15.9 Å². The molecule has 98 valence electrons. The maximum Gasteiger partial charge on any atom is 0.259 e. The van der Waals surface area contributed by atoms with Crippen LogP contribution in [0.2, 0.25) is 0 Å². The SMILES string of the molecule is Cc1ncc(C(=O)Nc2ccc(C)c(Br)c2)c(C)n1. The van der Waals surface area contributed by atoms with Crippen molar-refractivity contribution in [1.82, 2.24) is 9.97 Å². The zero-order chi connectivity index (χ0) is 14.0. The van der Waals surface area contributed by atoms with Gasteiger partial charge in [-0.1, -0.05) is 22.0 Å². The fraction of sp³-hybridized carbons (Fsp3) is 0.214. The van der Waals surface area contributed by atoms with Crippen LogP contribution in [0, 0.1) is 20.8 Å². The number of amides is 1. The lowest BCUT2D eigenvalue weighted by Gasteiger charge is -2.08. The van der Waals surface area contributed by atoms with E-state index in [1.165, 1.54) is 0 Å². The molecule has 0 bridgehead atoms. The summed E-state index contributed by atoms with van der Waals surface area (Å²) < 4.78 is 0.960. The van der Waals surface area contributed by atoms with Gasteiger partial charge in [-0.3, -0.25) is 4.79 Å². The molecule has 4 nitrogen and oxygen atoms in total. The summed E-state index contributed by atoms with van der Waals surface area (Å²) in [6.07, 6.45) is 1.55. The summed E-state index contributed by atoms with van der Waals surface area (Å²) in [7, 11) is 0. The summed E-state index contributed by atoms with van der Waals surface area (Å²) in [6, 6.07) is 5.68. The molecule has 0 atom stereocenters. The number of nitrogens with one attached hydrogen (secondary N) is 1. The van der Waals surface area contributed by atoms with Crippen molar-refractivity contribution in [2.75, 3.05) is 5.32 Å². The van der Waals surface area contributed by atoms with Crippen LogP contribution >= 0.6 is 15.9 Å². The first-order valence-electron chi connectivity index (χ1n) is 5.85. The van der Waals surface area contributed by atoms with Crippen molar-refractivity contribution >= 4 is 27.5 Å². The van der Waals surface area contributed by atoms with Gasteiger partial charge in [0.25, 0.3) is 5.91 Å². The number of rotatable bonds is 2. The lowest BCUT2D eigenvalue weighted by molar-refractivity contribution is 0.102.